The molecule has 5 heteroatoms. The third-order valence-corrected chi connectivity index (χ3v) is 3.63. The molecule has 0 saturated carbocycles. The molecule has 3 rings (SSSR count). The molecule has 0 bridgehead atoms. The monoisotopic (exact) mass is 269 g/mol. The average Bonchev–Trinajstić information content (AvgIpc) is 2.88. The lowest BCUT2D eigenvalue weighted by molar-refractivity contribution is 0.102. The molecule has 0 atom stereocenters. The Labute approximate surface area is 114 Å². The van der Waals surface area contributed by atoms with Crippen LogP contribution in [0.15, 0.2) is 42.0 Å². The number of benzene rings is 1. The third-order valence-electron chi connectivity index (χ3n) is 2.83. The van der Waals surface area contributed by atoms with E-state index in [0.29, 0.717) is 11.4 Å². The van der Waals surface area contributed by atoms with Crippen molar-refractivity contribution in [2.45, 2.75) is 6.92 Å². The summed E-state index contributed by atoms with van der Waals surface area (Å²) in [5.74, 6) is 0.439. The first-order chi connectivity index (χ1) is 9.24. The maximum absolute atomic E-state index is 12.2. The van der Waals surface area contributed by atoms with Gasteiger partial charge < -0.3 is 5.32 Å². The Hall–Kier alpha value is -2.27. The zero-order chi connectivity index (χ0) is 13.2. The average molecular weight is 269 g/mol. The zero-order valence-corrected chi connectivity index (χ0v) is 11.1. The van der Waals surface area contributed by atoms with Gasteiger partial charge in [-0.2, -0.15) is 0 Å². The molecule has 1 amide bonds. The quantitative estimate of drug-likeness (QED) is 0.777. The first kappa shape index (κ1) is 11.8. The van der Waals surface area contributed by atoms with Gasteiger partial charge in [0.05, 0.1) is 15.7 Å². The third kappa shape index (κ3) is 2.32. The summed E-state index contributed by atoms with van der Waals surface area (Å²) in [6.45, 7) is 1.91. The summed E-state index contributed by atoms with van der Waals surface area (Å²) in [5, 5.41) is 2.82. The zero-order valence-electron chi connectivity index (χ0n) is 10.3. The van der Waals surface area contributed by atoms with Gasteiger partial charge in [-0.15, -0.1) is 11.3 Å². The molecule has 0 aliphatic carbocycles. The van der Waals surface area contributed by atoms with E-state index in [1.165, 1.54) is 11.3 Å². The molecule has 1 N–H and O–H groups in total. The number of carbonyl (C=O) groups is 1. The SMILES string of the molecule is Cc1cccnc1NC(=O)c1ccc2ncsc2c1. The fourth-order valence-electron chi connectivity index (χ4n) is 1.79. The molecule has 94 valence electrons. The maximum Gasteiger partial charge on any atom is 0.256 e. The van der Waals surface area contributed by atoms with Crippen LogP contribution in [-0.4, -0.2) is 15.9 Å². The van der Waals surface area contributed by atoms with E-state index < -0.39 is 0 Å². The highest BCUT2D eigenvalue weighted by Gasteiger charge is 2.09. The van der Waals surface area contributed by atoms with Gasteiger partial charge in [0.25, 0.3) is 5.91 Å². The number of rotatable bonds is 2. The minimum Gasteiger partial charge on any atom is -0.306 e. The smallest absolute Gasteiger partial charge is 0.256 e. The number of nitrogens with one attached hydrogen (secondary N) is 1. The molecule has 19 heavy (non-hydrogen) atoms. The maximum atomic E-state index is 12.2. The minimum absolute atomic E-state index is 0.155. The van der Waals surface area contributed by atoms with E-state index in [1.54, 1.807) is 17.8 Å². The molecule has 0 saturated heterocycles. The van der Waals surface area contributed by atoms with E-state index in [0.717, 1.165) is 15.8 Å². The molecule has 2 heterocycles. The van der Waals surface area contributed by atoms with Crippen molar-refractivity contribution in [2.24, 2.45) is 0 Å². The Kier molecular flexibility index (Phi) is 2.97. The summed E-state index contributed by atoms with van der Waals surface area (Å²) < 4.78 is 1.00. The van der Waals surface area contributed by atoms with Crippen LogP contribution in [-0.2, 0) is 0 Å². The predicted octanol–water partition coefficient (Wildman–Crippen LogP) is 3.25. The lowest BCUT2D eigenvalue weighted by Gasteiger charge is -2.06. The molecule has 0 spiro atoms. The summed E-state index contributed by atoms with van der Waals surface area (Å²) in [6.07, 6.45) is 1.66. The normalized spacial score (nSPS) is 10.6. The highest BCUT2D eigenvalue weighted by Crippen LogP contribution is 2.20. The first-order valence-corrected chi connectivity index (χ1v) is 6.68. The van der Waals surface area contributed by atoms with E-state index in [4.69, 9.17) is 0 Å². The number of amides is 1. The number of pyridine rings is 1. The second kappa shape index (κ2) is 4.78. The summed E-state index contributed by atoms with van der Waals surface area (Å²) in [7, 11) is 0. The fourth-order valence-corrected chi connectivity index (χ4v) is 2.51. The van der Waals surface area contributed by atoms with Crippen LogP contribution in [0.5, 0.6) is 0 Å². The second-order valence-electron chi connectivity index (χ2n) is 4.16. The standard InChI is InChI=1S/C14H11N3OS/c1-9-3-2-6-15-13(9)17-14(18)10-4-5-11-12(7-10)19-8-16-11/h2-8H,1H3,(H,15,17,18). The van der Waals surface area contributed by atoms with Crippen LogP contribution in [0.3, 0.4) is 0 Å². The van der Waals surface area contributed by atoms with Gasteiger partial charge in [0.15, 0.2) is 0 Å². The summed E-state index contributed by atoms with van der Waals surface area (Å²) in [4.78, 5) is 20.5. The molecule has 1 aromatic carbocycles. The number of anilines is 1. The van der Waals surface area contributed by atoms with E-state index in [1.807, 2.05) is 31.2 Å². The van der Waals surface area contributed by atoms with Gasteiger partial charge in [-0.3, -0.25) is 4.79 Å². The van der Waals surface area contributed by atoms with Gasteiger partial charge in [0.2, 0.25) is 0 Å². The van der Waals surface area contributed by atoms with Crippen molar-refractivity contribution in [1.82, 2.24) is 9.97 Å². The van der Waals surface area contributed by atoms with E-state index in [2.05, 4.69) is 15.3 Å². The largest absolute Gasteiger partial charge is 0.306 e. The summed E-state index contributed by atoms with van der Waals surface area (Å²) >= 11 is 1.52. The molecule has 3 aromatic rings. The van der Waals surface area contributed by atoms with Crippen molar-refractivity contribution in [2.75, 3.05) is 5.32 Å². The van der Waals surface area contributed by atoms with Crippen LogP contribution in [0, 0.1) is 6.92 Å². The predicted molar refractivity (Wildman–Crippen MR) is 76.5 cm³/mol. The van der Waals surface area contributed by atoms with Crippen LogP contribution < -0.4 is 5.32 Å². The molecule has 0 aliphatic heterocycles. The Morgan fingerprint density at radius 1 is 1.26 bits per heavy atom. The van der Waals surface area contributed by atoms with Crippen molar-refractivity contribution in [1.29, 1.82) is 0 Å². The number of aryl methyl sites for hydroxylation is 1. The number of carbonyl (C=O) groups excluding carboxylic acids is 1. The molecule has 0 radical (unpaired) electrons. The van der Waals surface area contributed by atoms with Crippen molar-refractivity contribution >= 4 is 33.3 Å². The first-order valence-electron chi connectivity index (χ1n) is 5.80. The van der Waals surface area contributed by atoms with E-state index in [-0.39, 0.29) is 5.91 Å². The number of aromatic nitrogens is 2. The lowest BCUT2D eigenvalue weighted by Crippen LogP contribution is -2.13. The number of fused-ring (bicyclic) bond motifs is 1. The highest BCUT2D eigenvalue weighted by atomic mass is 32.1. The fraction of sp³-hybridized carbons (Fsp3) is 0.0714. The Morgan fingerprint density at radius 3 is 3.00 bits per heavy atom. The minimum atomic E-state index is -0.155. The molecule has 0 fully saturated rings. The van der Waals surface area contributed by atoms with Crippen LogP contribution in [0.4, 0.5) is 5.82 Å². The number of hydrogen-bond acceptors (Lipinski definition) is 4. The molecule has 0 aliphatic rings. The molecule has 0 unspecified atom stereocenters. The van der Waals surface area contributed by atoms with Crippen molar-refractivity contribution < 1.29 is 4.79 Å². The Bertz CT molecular complexity index is 751. The molecule has 2 aromatic heterocycles. The molecule has 4 nitrogen and oxygen atoms in total. The van der Waals surface area contributed by atoms with Gasteiger partial charge in [-0.25, -0.2) is 9.97 Å². The molecular weight excluding hydrogens is 258 g/mol. The summed E-state index contributed by atoms with van der Waals surface area (Å²) in [5.41, 5.74) is 4.24. The number of hydrogen-bond donors (Lipinski definition) is 1. The highest BCUT2D eigenvalue weighted by molar-refractivity contribution is 7.16. The second-order valence-corrected chi connectivity index (χ2v) is 5.04. The van der Waals surface area contributed by atoms with Gasteiger partial charge >= 0.3 is 0 Å². The van der Waals surface area contributed by atoms with Gasteiger partial charge in [0.1, 0.15) is 5.82 Å². The number of nitrogens with zero attached hydrogens (tertiary/aromatic N) is 2. The molecular formula is C14H11N3OS. The van der Waals surface area contributed by atoms with Crippen LogP contribution in [0.25, 0.3) is 10.2 Å². The van der Waals surface area contributed by atoms with Gasteiger partial charge in [0, 0.05) is 11.8 Å². The van der Waals surface area contributed by atoms with Gasteiger partial charge in [-0.05, 0) is 36.8 Å². The van der Waals surface area contributed by atoms with Crippen molar-refractivity contribution in [3.63, 3.8) is 0 Å². The van der Waals surface area contributed by atoms with Crippen molar-refractivity contribution in [3.05, 3.63) is 53.2 Å². The van der Waals surface area contributed by atoms with Crippen LogP contribution >= 0.6 is 11.3 Å². The van der Waals surface area contributed by atoms with Crippen LogP contribution in [0.2, 0.25) is 0 Å². The van der Waals surface area contributed by atoms with Gasteiger partial charge in [-0.1, -0.05) is 6.07 Å². The lowest BCUT2D eigenvalue weighted by atomic mass is 10.2. The Morgan fingerprint density at radius 2 is 2.16 bits per heavy atom. The van der Waals surface area contributed by atoms with E-state index >= 15 is 0 Å². The number of thiazole rings is 1. The Balaban J connectivity index is 1.89. The van der Waals surface area contributed by atoms with Crippen LogP contribution in [0.1, 0.15) is 15.9 Å². The van der Waals surface area contributed by atoms with E-state index in [9.17, 15) is 4.79 Å². The topological polar surface area (TPSA) is 54.9 Å². The summed E-state index contributed by atoms with van der Waals surface area (Å²) in [6, 6.07) is 9.23. The van der Waals surface area contributed by atoms with Crippen molar-refractivity contribution in [3.8, 4) is 0 Å².